The number of nitro benzene ring substituents is 1. The van der Waals surface area contributed by atoms with Crippen molar-refractivity contribution in [3.8, 4) is 5.75 Å². The summed E-state index contributed by atoms with van der Waals surface area (Å²) in [6.45, 7) is 1.85. The van der Waals surface area contributed by atoms with Gasteiger partial charge in [-0.25, -0.2) is 4.79 Å². The second-order valence-corrected chi connectivity index (χ2v) is 4.35. The van der Waals surface area contributed by atoms with Crippen LogP contribution in [-0.2, 0) is 0 Å². The van der Waals surface area contributed by atoms with E-state index >= 15 is 0 Å². The van der Waals surface area contributed by atoms with Crippen molar-refractivity contribution in [3.05, 3.63) is 58.1 Å². The number of phenolic OH excluding ortho intramolecular Hbond substituents is 1. The molecule has 2 aromatic rings. The molecule has 3 N–H and O–H groups in total. The first-order valence-electron chi connectivity index (χ1n) is 6.08. The van der Waals surface area contributed by atoms with Crippen molar-refractivity contribution in [1.82, 2.24) is 0 Å². The number of phenols is 1. The summed E-state index contributed by atoms with van der Waals surface area (Å²) in [7, 11) is 0. The number of carbonyl (C=O) groups is 1. The van der Waals surface area contributed by atoms with Crippen molar-refractivity contribution in [2.75, 3.05) is 10.6 Å². The van der Waals surface area contributed by atoms with Gasteiger partial charge in [-0.3, -0.25) is 10.1 Å². The van der Waals surface area contributed by atoms with Crippen molar-refractivity contribution < 1.29 is 14.8 Å². The molecule has 0 aliphatic rings. The minimum absolute atomic E-state index is 0.0895. The van der Waals surface area contributed by atoms with Gasteiger partial charge in [-0.1, -0.05) is 18.2 Å². The van der Waals surface area contributed by atoms with Gasteiger partial charge < -0.3 is 15.7 Å². The largest absolute Gasteiger partial charge is 0.506 e. The summed E-state index contributed by atoms with van der Waals surface area (Å²) in [5, 5.41) is 25.3. The molecular formula is C14H13N3O4. The van der Waals surface area contributed by atoms with Crippen LogP contribution in [0.4, 0.5) is 21.9 Å². The summed E-state index contributed by atoms with van der Waals surface area (Å²) in [6, 6.07) is 10.1. The molecule has 0 saturated carbocycles. The molecule has 2 amide bonds. The van der Waals surface area contributed by atoms with E-state index in [0.717, 1.165) is 11.6 Å². The van der Waals surface area contributed by atoms with Crippen LogP contribution in [-0.4, -0.2) is 16.1 Å². The van der Waals surface area contributed by atoms with E-state index in [4.69, 9.17) is 0 Å². The highest BCUT2D eigenvalue weighted by Gasteiger charge is 2.12. The summed E-state index contributed by atoms with van der Waals surface area (Å²) in [4.78, 5) is 21.8. The second kappa shape index (κ2) is 5.91. The SMILES string of the molecule is Cc1ccccc1NC(=O)Nc1ccc([N+](=O)[O-])cc1O. The number of rotatable bonds is 3. The van der Waals surface area contributed by atoms with Crippen molar-refractivity contribution >= 4 is 23.1 Å². The number of nitro groups is 1. The average Bonchev–Trinajstić information content (AvgIpc) is 2.43. The first-order valence-corrected chi connectivity index (χ1v) is 6.08. The van der Waals surface area contributed by atoms with Gasteiger partial charge in [-0.05, 0) is 24.6 Å². The van der Waals surface area contributed by atoms with Gasteiger partial charge in [0.1, 0.15) is 5.75 Å². The Labute approximate surface area is 120 Å². The van der Waals surface area contributed by atoms with E-state index in [9.17, 15) is 20.0 Å². The molecule has 0 aliphatic carbocycles. The van der Waals surface area contributed by atoms with Crippen LogP contribution in [0.2, 0.25) is 0 Å². The van der Waals surface area contributed by atoms with Crippen molar-refractivity contribution in [3.63, 3.8) is 0 Å². The fraction of sp³-hybridized carbons (Fsp3) is 0.0714. The minimum atomic E-state index is -0.628. The lowest BCUT2D eigenvalue weighted by Crippen LogP contribution is -2.20. The van der Waals surface area contributed by atoms with Crippen LogP contribution in [0.3, 0.4) is 0 Å². The Kier molecular flexibility index (Phi) is 4.03. The van der Waals surface area contributed by atoms with Gasteiger partial charge in [0.05, 0.1) is 16.7 Å². The Hall–Kier alpha value is -3.09. The summed E-state index contributed by atoms with van der Waals surface area (Å²) in [5.74, 6) is -0.371. The highest BCUT2D eigenvalue weighted by molar-refractivity contribution is 6.01. The number of anilines is 2. The molecule has 7 nitrogen and oxygen atoms in total. The van der Waals surface area contributed by atoms with E-state index < -0.39 is 11.0 Å². The molecule has 0 radical (unpaired) electrons. The standard InChI is InChI=1S/C14H13N3O4/c1-9-4-2-3-5-11(9)15-14(19)16-12-7-6-10(17(20)21)8-13(12)18/h2-8,18H,1H3,(H2,15,16,19). The lowest BCUT2D eigenvalue weighted by molar-refractivity contribution is -0.384. The summed E-state index contributed by atoms with van der Waals surface area (Å²) < 4.78 is 0. The van der Waals surface area contributed by atoms with Gasteiger partial charge in [0.2, 0.25) is 0 Å². The molecule has 0 heterocycles. The molecule has 0 fully saturated rings. The molecule has 0 unspecified atom stereocenters. The Morgan fingerprint density at radius 2 is 1.81 bits per heavy atom. The third-order valence-corrected chi connectivity index (χ3v) is 2.83. The molecule has 0 saturated heterocycles. The first kappa shape index (κ1) is 14.3. The molecule has 0 bridgehead atoms. The fourth-order valence-electron chi connectivity index (χ4n) is 1.73. The van der Waals surface area contributed by atoms with Crippen molar-refractivity contribution in [1.29, 1.82) is 0 Å². The molecule has 7 heteroatoms. The average molecular weight is 287 g/mol. The topological polar surface area (TPSA) is 104 Å². The Balaban J connectivity index is 2.10. The van der Waals surface area contributed by atoms with Crippen molar-refractivity contribution in [2.45, 2.75) is 6.92 Å². The Morgan fingerprint density at radius 3 is 2.43 bits per heavy atom. The number of para-hydroxylation sites is 1. The minimum Gasteiger partial charge on any atom is -0.506 e. The normalized spacial score (nSPS) is 9.95. The highest BCUT2D eigenvalue weighted by atomic mass is 16.6. The van der Waals surface area contributed by atoms with Crippen molar-refractivity contribution in [2.24, 2.45) is 0 Å². The number of aryl methyl sites for hydroxylation is 1. The van der Waals surface area contributed by atoms with Crippen LogP contribution in [0, 0.1) is 17.0 Å². The summed E-state index contributed by atoms with van der Waals surface area (Å²) >= 11 is 0. The number of hydrogen-bond acceptors (Lipinski definition) is 4. The lowest BCUT2D eigenvalue weighted by Gasteiger charge is -2.10. The molecule has 2 rings (SSSR count). The van der Waals surface area contributed by atoms with Gasteiger partial charge >= 0.3 is 6.03 Å². The van der Waals surface area contributed by atoms with Crippen LogP contribution in [0.1, 0.15) is 5.56 Å². The maximum atomic E-state index is 11.8. The van der Waals surface area contributed by atoms with Gasteiger partial charge in [0.15, 0.2) is 0 Å². The highest BCUT2D eigenvalue weighted by Crippen LogP contribution is 2.28. The third kappa shape index (κ3) is 3.47. The van der Waals surface area contributed by atoms with E-state index in [2.05, 4.69) is 10.6 Å². The second-order valence-electron chi connectivity index (χ2n) is 4.35. The fourth-order valence-corrected chi connectivity index (χ4v) is 1.73. The van der Waals surface area contributed by atoms with Crippen LogP contribution in [0.25, 0.3) is 0 Å². The maximum Gasteiger partial charge on any atom is 0.323 e. The monoisotopic (exact) mass is 287 g/mol. The van der Waals surface area contributed by atoms with E-state index in [-0.39, 0.29) is 17.1 Å². The number of aromatic hydroxyl groups is 1. The molecule has 0 atom stereocenters. The molecule has 108 valence electrons. The molecule has 0 aromatic heterocycles. The maximum absolute atomic E-state index is 11.8. The molecular weight excluding hydrogens is 274 g/mol. The quantitative estimate of drug-likeness (QED) is 0.457. The number of nitrogens with one attached hydrogen (secondary N) is 2. The zero-order valence-electron chi connectivity index (χ0n) is 11.2. The van der Waals surface area contributed by atoms with Crippen LogP contribution < -0.4 is 10.6 Å². The van der Waals surface area contributed by atoms with Crippen LogP contribution >= 0.6 is 0 Å². The number of amides is 2. The number of nitrogens with zero attached hydrogens (tertiary/aromatic N) is 1. The third-order valence-electron chi connectivity index (χ3n) is 2.83. The van der Waals surface area contributed by atoms with Gasteiger partial charge in [0, 0.05) is 11.8 Å². The van der Waals surface area contributed by atoms with Gasteiger partial charge in [-0.15, -0.1) is 0 Å². The lowest BCUT2D eigenvalue weighted by atomic mass is 10.2. The molecule has 0 spiro atoms. The number of benzene rings is 2. The number of hydrogen-bond donors (Lipinski definition) is 3. The molecule has 21 heavy (non-hydrogen) atoms. The molecule has 2 aromatic carbocycles. The summed E-state index contributed by atoms with van der Waals surface area (Å²) in [6.07, 6.45) is 0. The Morgan fingerprint density at radius 1 is 1.14 bits per heavy atom. The van der Waals surface area contributed by atoms with Gasteiger partial charge in [0.25, 0.3) is 5.69 Å². The number of non-ortho nitro benzene ring substituents is 1. The Bertz CT molecular complexity index is 700. The zero-order valence-corrected chi connectivity index (χ0v) is 11.2. The van der Waals surface area contributed by atoms with Crippen LogP contribution in [0.5, 0.6) is 5.75 Å². The van der Waals surface area contributed by atoms with E-state index in [0.29, 0.717) is 5.69 Å². The number of carbonyl (C=O) groups excluding carboxylic acids is 1. The predicted octanol–water partition coefficient (Wildman–Crippen LogP) is 3.25. The smallest absolute Gasteiger partial charge is 0.323 e. The van der Waals surface area contributed by atoms with E-state index in [1.165, 1.54) is 12.1 Å². The van der Waals surface area contributed by atoms with E-state index in [1.807, 2.05) is 19.1 Å². The summed E-state index contributed by atoms with van der Waals surface area (Å²) in [5.41, 5.74) is 1.36. The van der Waals surface area contributed by atoms with E-state index in [1.54, 1.807) is 12.1 Å². The molecule has 0 aliphatic heterocycles. The van der Waals surface area contributed by atoms with Gasteiger partial charge in [-0.2, -0.15) is 0 Å². The zero-order chi connectivity index (χ0) is 15.4. The first-order chi connectivity index (χ1) is 9.97. The van der Waals surface area contributed by atoms with Crippen LogP contribution in [0.15, 0.2) is 42.5 Å². The predicted molar refractivity (Wildman–Crippen MR) is 78.6 cm³/mol. The number of urea groups is 1.